The maximum atomic E-state index is 12.3. The zero-order chi connectivity index (χ0) is 15.5. The highest BCUT2D eigenvalue weighted by molar-refractivity contribution is 7.90. The van der Waals surface area contributed by atoms with Crippen molar-refractivity contribution < 1.29 is 8.42 Å². The summed E-state index contributed by atoms with van der Waals surface area (Å²) in [5, 5.41) is 8.06. The minimum atomic E-state index is -3.49. The molecule has 1 aliphatic heterocycles. The Balaban J connectivity index is 2.05. The number of nitrogens with zero attached hydrogens (tertiary/aromatic N) is 3. The van der Waals surface area contributed by atoms with E-state index in [-0.39, 0.29) is 0 Å². The van der Waals surface area contributed by atoms with Crippen LogP contribution in [-0.2, 0) is 10.0 Å². The topological polar surface area (TPSA) is 64.4 Å². The molecule has 0 aromatic heterocycles. The lowest BCUT2D eigenvalue weighted by molar-refractivity contribution is 0.381. The van der Waals surface area contributed by atoms with Gasteiger partial charge in [-0.05, 0) is 31.0 Å². The van der Waals surface area contributed by atoms with Crippen molar-refractivity contribution in [1.29, 1.82) is 5.26 Å². The Morgan fingerprint density at radius 1 is 1.29 bits per heavy atom. The second kappa shape index (κ2) is 6.46. The summed E-state index contributed by atoms with van der Waals surface area (Å²) in [6.45, 7) is 5.97. The Morgan fingerprint density at radius 3 is 2.48 bits per heavy atom. The predicted molar refractivity (Wildman–Crippen MR) is 83.6 cm³/mol. The number of sulfonamides is 1. The van der Waals surface area contributed by atoms with Gasteiger partial charge in [0.05, 0.1) is 6.07 Å². The lowest BCUT2D eigenvalue weighted by Crippen LogP contribution is -2.51. The molecule has 1 saturated heterocycles. The molecule has 5 nitrogen and oxygen atoms in total. The fourth-order valence-electron chi connectivity index (χ4n) is 2.57. The second-order valence-electron chi connectivity index (χ2n) is 5.30. The monoisotopic (exact) mass is 307 g/mol. The lowest BCUT2D eigenvalue weighted by Gasteiger charge is -2.36. The Labute approximate surface area is 126 Å². The summed E-state index contributed by atoms with van der Waals surface area (Å²) in [6, 6.07) is 10.1. The van der Waals surface area contributed by atoms with E-state index in [1.807, 2.05) is 31.2 Å². The molecule has 6 heteroatoms. The van der Waals surface area contributed by atoms with Crippen molar-refractivity contribution in [3.8, 4) is 6.07 Å². The molecule has 1 atom stereocenters. The van der Waals surface area contributed by atoms with Crippen molar-refractivity contribution in [2.24, 2.45) is 0 Å². The van der Waals surface area contributed by atoms with Crippen molar-refractivity contribution >= 4 is 15.7 Å². The first-order valence-corrected chi connectivity index (χ1v) is 8.69. The highest BCUT2D eigenvalue weighted by atomic mass is 32.2. The molecule has 1 heterocycles. The van der Waals surface area contributed by atoms with Gasteiger partial charge in [0, 0.05) is 31.9 Å². The maximum absolute atomic E-state index is 12.3. The van der Waals surface area contributed by atoms with Crippen molar-refractivity contribution in [1.82, 2.24) is 4.31 Å². The van der Waals surface area contributed by atoms with Gasteiger partial charge in [0.2, 0.25) is 10.0 Å². The molecule has 1 aromatic carbocycles. The minimum Gasteiger partial charge on any atom is -0.369 e. The predicted octanol–water partition coefficient (Wildman–Crippen LogP) is 1.75. The van der Waals surface area contributed by atoms with Crippen LogP contribution in [0, 0.1) is 18.3 Å². The van der Waals surface area contributed by atoms with Crippen molar-refractivity contribution in [2.75, 3.05) is 31.1 Å². The van der Waals surface area contributed by atoms with Gasteiger partial charge in [0.25, 0.3) is 0 Å². The molecule has 114 valence electrons. The quantitative estimate of drug-likeness (QED) is 0.850. The molecule has 1 unspecified atom stereocenters. The molecule has 1 fully saturated rings. The van der Waals surface area contributed by atoms with Gasteiger partial charge in [-0.15, -0.1) is 0 Å². The van der Waals surface area contributed by atoms with Gasteiger partial charge in [0.1, 0.15) is 0 Å². The van der Waals surface area contributed by atoms with Crippen LogP contribution in [0.3, 0.4) is 0 Å². The van der Waals surface area contributed by atoms with E-state index in [9.17, 15) is 8.42 Å². The molecule has 0 saturated carbocycles. The van der Waals surface area contributed by atoms with Gasteiger partial charge in [-0.3, -0.25) is 0 Å². The van der Waals surface area contributed by atoms with Gasteiger partial charge in [-0.1, -0.05) is 19.1 Å². The number of anilines is 1. The third-order valence-corrected chi connectivity index (χ3v) is 6.08. The van der Waals surface area contributed by atoms with Crippen LogP contribution in [0.2, 0.25) is 0 Å². The van der Waals surface area contributed by atoms with Crippen LogP contribution in [0.5, 0.6) is 0 Å². The SMILES string of the molecule is CCC(C#N)S(=O)(=O)N1CCN(c2cccc(C)c2)CC1. The first-order chi connectivity index (χ1) is 9.98. The second-order valence-corrected chi connectivity index (χ2v) is 7.41. The smallest absolute Gasteiger partial charge is 0.230 e. The van der Waals surface area contributed by atoms with Crippen LogP contribution in [0.4, 0.5) is 5.69 Å². The summed E-state index contributed by atoms with van der Waals surface area (Å²) in [5.74, 6) is 0. The molecule has 2 rings (SSSR count). The van der Waals surface area contributed by atoms with Crippen LogP contribution in [-0.4, -0.2) is 44.2 Å². The number of piperazine rings is 1. The zero-order valence-corrected chi connectivity index (χ0v) is 13.3. The average Bonchev–Trinajstić information content (AvgIpc) is 2.48. The summed E-state index contributed by atoms with van der Waals surface area (Å²) in [7, 11) is -3.49. The summed E-state index contributed by atoms with van der Waals surface area (Å²) >= 11 is 0. The van der Waals surface area contributed by atoms with Gasteiger partial charge >= 0.3 is 0 Å². The summed E-state index contributed by atoms with van der Waals surface area (Å²) in [4.78, 5) is 2.19. The third kappa shape index (κ3) is 3.36. The third-order valence-electron chi connectivity index (χ3n) is 3.84. The number of nitriles is 1. The average molecular weight is 307 g/mol. The molecule has 0 aliphatic carbocycles. The van der Waals surface area contributed by atoms with Crippen LogP contribution in [0.1, 0.15) is 18.9 Å². The standard InChI is InChI=1S/C15H21N3O2S/c1-3-15(12-16)21(19,20)18-9-7-17(8-10-18)14-6-4-5-13(2)11-14/h4-6,11,15H,3,7-10H2,1-2H3. The minimum absolute atomic E-state index is 0.330. The molecular weight excluding hydrogens is 286 g/mol. The first-order valence-electron chi connectivity index (χ1n) is 7.19. The van der Waals surface area contributed by atoms with Gasteiger partial charge in [-0.25, -0.2) is 8.42 Å². The van der Waals surface area contributed by atoms with E-state index >= 15 is 0 Å². The molecule has 0 N–H and O–H groups in total. The molecule has 0 spiro atoms. The maximum Gasteiger partial charge on any atom is 0.230 e. The molecule has 1 aromatic rings. The van der Waals surface area contributed by atoms with E-state index in [1.54, 1.807) is 6.92 Å². The van der Waals surface area contributed by atoms with Gasteiger partial charge < -0.3 is 4.90 Å². The summed E-state index contributed by atoms with van der Waals surface area (Å²) in [5.41, 5.74) is 2.32. The summed E-state index contributed by atoms with van der Waals surface area (Å²) in [6.07, 6.45) is 0.330. The number of hydrogen-bond acceptors (Lipinski definition) is 4. The number of benzene rings is 1. The van der Waals surface area contributed by atoms with Crippen LogP contribution in [0.25, 0.3) is 0 Å². The molecular formula is C15H21N3O2S. The zero-order valence-electron chi connectivity index (χ0n) is 12.5. The van der Waals surface area contributed by atoms with E-state index in [0.717, 1.165) is 5.69 Å². The number of hydrogen-bond donors (Lipinski definition) is 0. The number of aryl methyl sites for hydroxylation is 1. The van der Waals surface area contributed by atoms with Crippen LogP contribution < -0.4 is 4.90 Å². The molecule has 0 bridgehead atoms. The molecule has 1 aliphatic rings. The van der Waals surface area contributed by atoms with E-state index < -0.39 is 15.3 Å². The number of rotatable bonds is 4. The van der Waals surface area contributed by atoms with Crippen LogP contribution >= 0.6 is 0 Å². The fraction of sp³-hybridized carbons (Fsp3) is 0.533. The van der Waals surface area contributed by atoms with Crippen molar-refractivity contribution in [3.63, 3.8) is 0 Å². The highest BCUT2D eigenvalue weighted by Gasteiger charge is 2.33. The Kier molecular flexibility index (Phi) is 4.86. The summed E-state index contributed by atoms with van der Waals surface area (Å²) < 4.78 is 26.1. The Bertz CT molecular complexity index is 629. The Hall–Kier alpha value is -1.58. The Morgan fingerprint density at radius 2 is 1.95 bits per heavy atom. The van der Waals surface area contributed by atoms with Crippen LogP contribution in [0.15, 0.2) is 24.3 Å². The largest absolute Gasteiger partial charge is 0.369 e. The molecule has 0 amide bonds. The highest BCUT2D eigenvalue weighted by Crippen LogP contribution is 2.20. The molecule has 0 radical (unpaired) electrons. The van der Waals surface area contributed by atoms with E-state index in [4.69, 9.17) is 5.26 Å². The normalized spacial score (nSPS) is 18.2. The first kappa shape index (κ1) is 15.8. The van der Waals surface area contributed by atoms with Gasteiger partial charge in [0.15, 0.2) is 5.25 Å². The van der Waals surface area contributed by atoms with Crippen molar-refractivity contribution in [3.05, 3.63) is 29.8 Å². The fourth-order valence-corrected chi connectivity index (χ4v) is 4.16. The van der Waals surface area contributed by atoms with E-state index in [0.29, 0.717) is 32.6 Å². The van der Waals surface area contributed by atoms with E-state index in [1.165, 1.54) is 9.87 Å². The lowest BCUT2D eigenvalue weighted by atomic mass is 10.2. The van der Waals surface area contributed by atoms with Gasteiger partial charge in [-0.2, -0.15) is 9.57 Å². The van der Waals surface area contributed by atoms with E-state index in [2.05, 4.69) is 11.0 Å². The molecule has 21 heavy (non-hydrogen) atoms. The van der Waals surface area contributed by atoms with Crippen molar-refractivity contribution in [2.45, 2.75) is 25.5 Å².